The Hall–Kier alpha value is -2.80. The minimum Gasteiger partial charge on any atom is -0.486 e. The molecule has 0 saturated carbocycles. The molecule has 2 heterocycles. The molecule has 0 fully saturated rings. The molecule has 0 unspecified atom stereocenters. The molecule has 0 bridgehead atoms. The Labute approximate surface area is 155 Å². The first-order valence-electron chi connectivity index (χ1n) is 8.47. The molecule has 0 aliphatic carbocycles. The van der Waals surface area contributed by atoms with E-state index in [2.05, 4.69) is 15.6 Å². The van der Waals surface area contributed by atoms with Crippen molar-refractivity contribution < 1.29 is 14.3 Å². The summed E-state index contributed by atoms with van der Waals surface area (Å²) < 4.78 is 12.2. The smallest absolute Gasteiger partial charge is 0.315 e. The third-order valence-electron chi connectivity index (χ3n) is 4.15. The van der Waals surface area contributed by atoms with Crippen molar-refractivity contribution in [3.63, 3.8) is 0 Å². The van der Waals surface area contributed by atoms with Crippen LogP contribution in [0.5, 0.6) is 11.5 Å². The molecule has 4 rings (SSSR count). The maximum atomic E-state index is 12.2. The minimum atomic E-state index is -0.230. The van der Waals surface area contributed by atoms with Crippen LogP contribution < -0.4 is 20.1 Å². The third-order valence-corrected chi connectivity index (χ3v) is 5.19. The number of ether oxygens (including phenoxy) is 2. The molecule has 134 valence electrons. The van der Waals surface area contributed by atoms with E-state index >= 15 is 0 Å². The van der Waals surface area contributed by atoms with Crippen LogP contribution in [0.2, 0.25) is 0 Å². The van der Waals surface area contributed by atoms with Crippen LogP contribution in [0.15, 0.2) is 42.5 Å². The zero-order valence-electron chi connectivity index (χ0n) is 14.3. The molecule has 2 N–H and O–H groups in total. The number of amides is 2. The van der Waals surface area contributed by atoms with E-state index in [0.717, 1.165) is 32.3 Å². The second-order valence-corrected chi connectivity index (χ2v) is 7.14. The molecule has 1 aliphatic rings. The Morgan fingerprint density at radius 3 is 2.85 bits per heavy atom. The summed E-state index contributed by atoms with van der Waals surface area (Å²) in [6.07, 6.45) is 0. The molecule has 0 saturated heterocycles. The predicted molar refractivity (Wildman–Crippen MR) is 101 cm³/mol. The van der Waals surface area contributed by atoms with Gasteiger partial charge in [-0.15, -0.1) is 11.3 Å². The van der Waals surface area contributed by atoms with Crippen LogP contribution in [0.25, 0.3) is 10.2 Å². The fourth-order valence-electron chi connectivity index (χ4n) is 2.81. The first kappa shape index (κ1) is 16.7. The number of benzene rings is 2. The number of fused-ring (bicyclic) bond motifs is 2. The highest BCUT2D eigenvalue weighted by molar-refractivity contribution is 7.18. The largest absolute Gasteiger partial charge is 0.486 e. The van der Waals surface area contributed by atoms with Crippen LogP contribution in [0.4, 0.5) is 4.79 Å². The van der Waals surface area contributed by atoms with E-state index in [-0.39, 0.29) is 12.1 Å². The third kappa shape index (κ3) is 3.57. The lowest BCUT2D eigenvalue weighted by Crippen LogP contribution is -2.36. The predicted octanol–water partition coefficient (Wildman–Crippen LogP) is 3.63. The average molecular weight is 369 g/mol. The molecule has 1 aliphatic heterocycles. The number of hydrogen-bond donors (Lipinski definition) is 2. The van der Waals surface area contributed by atoms with Gasteiger partial charge < -0.3 is 20.1 Å². The number of aromatic nitrogens is 1. The van der Waals surface area contributed by atoms with Gasteiger partial charge in [-0.2, -0.15) is 0 Å². The molecule has 1 atom stereocenters. The van der Waals surface area contributed by atoms with Gasteiger partial charge in [0, 0.05) is 0 Å². The summed E-state index contributed by atoms with van der Waals surface area (Å²) in [6, 6.07) is 13.3. The van der Waals surface area contributed by atoms with E-state index in [1.165, 1.54) is 0 Å². The number of rotatable bonds is 4. The number of para-hydroxylation sites is 1. The summed E-state index contributed by atoms with van der Waals surface area (Å²) in [5.41, 5.74) is 1.92. The molecule has 0 spiro atoms. The van der Waals surface area contributed by atoms with Gasteiger partial charge >= 0.3 is 6.03 Å². The second kappa shape index (κ2) is 7.21. The lowest BCUT2D eigenvalue weighted by Gasteiger charge is -2.21. The summed E-state index contributed by atoms with van der Waals surface area (Å²) in [5, 5.41) is 6.68. The van der Waals surface area contributed by atoms with E-state index in [0.29, 0.717) is 19.8 Å². The van der Waals surface area contributed by atoms with Gasteiger partial charge in [0.15, 0.2) is 11.5 Å². The first-order chi connectivity index (χ1) is 12.7. The molecule has 3 aromatic rings. The zero-order valence-corrected chi connectivity index (χ0v) is 15.1. The number of thiazole rings is 1. The highest BCUT2D eigenvalue weighted by Crippen LogP contribution is 2.32. The molecular formula is C19H19N3O3S. The highest BCUT2D eigenvalue weighted by atomic mass is 32.1. The molecule has 7 heteroatoms. The van der Waals surface area contributed by atoms with Crippen molar-refractivity contribution in [2.24, 2.45) is 0 Å². The van der Waals surface area contributed by atoms with Crippen LogP contribution in [-0.2, 0) is 6.54 Å². The van der Waals surface area contributed by atoms with Crippen LogP contribution in [0, 0.1) is 0 Å². The molecule has 26 heavy (non-hydrogen) atoms. The molecule has 2 amide bonds. The number of hydrogen-bond acceptors (Lipinski definition) is 5. The summed E-state index contributed by atoms with van der Waals surface area (Å²) in [5.74, 6) is 1.46. The van der Waals surface area contributed by atoms with E-state index in [1.54, 1.807) is 11.3 Å². The quantitative estimate of drug-likeness (QED) is 0.737. The standard InChI is InChI=1S/C19H19N3O3S/c1-12(13-6-7-15-16(10-13)25-9-8-24-15)21-19(23)20-11-18-22-14-4-2-3-5-17(14)26-18/h2-7,10,12H,8-9,11H2,1H3,(H2,20,21,23)/t12-/m1/s1. The molecule has 2 aromatic carbocycles. The van der Waals surface area contributed by atoms with Gasteiger partial charge in [-0.25, -0.2) is 9.78 Å². The molecule has 1 aromatic heterocycles. The Morgan fingerprint density at radius 1 is 1.19 bits per heavy atom. The topological polar surface area (TPSA) is 72.5 Å². The number of nitrogens with one attached hydrogen (secondary N) is 2. The van der Waals surface area contributed by atoms with E-state index in [1.807, 2.05) is 49.4 Å². The van der Waals surface area contributed by atoms with Crippen molar-refractivity contribution in [3.05, 3.63) is 53.0 Å². The van der Waals surface area contributed by atoms with Crippen molar-refractivity contribution in [3.8, 4) is 11.5 Å². The first-order valence-corrected chi connectivity index (χ1v) is 9.29. The molecule has 0 radical (unpaired) electrons. The summed E-state index contributed by atoms with van der Waals surface area (Å²) >= 11 is 1.59. The average Bonchev–Trinajstić information content (AvgIpc) is 3.09. The number of urea groups is 1. The van der Waals surface area contributed by atoms with E-state index in [4.69, 9.17) is 9.47 Å². The fraction of sp³-hybridized carbons (Fsp3) is 0.263. The van der Waals surface area contributed by atoms with Gasteiger partial charge in [0.2, 0.25) is 0 Å². The van der Waals surface area contributed by atoms with Crippen molar-refractivity contribution in [2.75, 3.05) is 13.2 Å². The maximum Gasteiger partial charge on any atom is 0.315 e. The zero-order chi connectivity index (χ0) is 17.9. The maximum absolute atomic E-state index is 12.2. The summed E-state index contributed by atoms with van der Waals surface area (Å²) in [4.78, 5) is 16.7. The van der Waals surface area contributed by atoms with Gasteiger partial charge in [-0.05, 0) is 36.8 Å². The second-order valence-electron chi connectivity index (χ2n) is 6.03. The molecular weight excluding hydrogens is 350 g/mol. The van der Waals surface area contributed by atoms with E-state index < -0.39 is 0 Å². The number of carbonyl (C=O) groups is 1. The van der Waals surface area contributed by atoms with Crippen LogP contribution in [-0.4, -0.2) is 24.2 Å². The Kier molecular flexibility index (Phi) is 4.62. The Bertz CT molecular complexity index is 908. The van der Waals surface area contributed by atoms with Crippen LogP contribution in [0.1, 0.15) is 23.5 Å². The lowest BCUT2D eigenvalue weighted by molar-refractivity contribution is 0.171. The fourth-order valence-corrected chi connectivity index (χ4v) is 3.72. The highest BCUT2D eigenvalue weighted by Gasteiger charge is 2.16. The number of nitrogens with zero attached hydrogens (tertiary/aromatic N) is 1. The van der Waals surface area contributed by atoms with Crippen molar-refractivity contribution in [1.82, 2.24) is 15.6 Å². The lowest BCUT2D eigenvalue weighted by atomic mass is 10.1. The van der Waals surface area contributed by atoms with Crippen LogP contribution >= 0.6 is 11.3 Å². The van der Waals surface area contributed by atoms with Gasteiger partial charge in [-0.1, -0.05) is 18.2 Å². The van der Waals surface area contributed by atoms with Crippen molar-refractivity contribution in [1.29, 1.82) is 0 Å². The van der Waals surface area contributed by atoms with Crippen molar-refractivity contribution >= 4 is 27.6 Å². The van der Waals surface area contributed by atoms with Gasteiger partial charge in [-0.3, -0.25) is 0 Å². The summed E-state index contributed by atoms with van der Waals surface area (Å²) in [6.45, 7) is 3.44. The van der Waals surface area contributed by atoms with Gasteiger partial charge in [0.25, 0.3) is 0 Å². The minimum absolute atomic E-state index is 0.152. The molecule has 6 nitrogen and oxygen atoms in total. The number of carbonyl (C=O) groups excluding carboxylic acids is 1. The normalized spacial score (nSPS) is 14.0. The van der Waals surface area contributed by atoms with Crippen LogP contribution in [0.3, 0.4) is 0 Å². The van der Waals surface area contributed by atoms with Crippen molar-refractivity contribution in [2.45, 2.75) is 19.5 Å². The van der Waals surface area contributed by atoms with E-state index in [9.17, 15) is 4.79 Å². The monoisotopic (exact) mass is 369 g/mol. The SMILES string of the molecule is C[C@@H](NC(=O)NCc1nc2ccccc2s1)c1ccc2c(c1)OCCO2. The Morgan fingerprint density at radius 2 is 2.00 bits per heavy atom. The summed E-state index contributed by atoms with van der Waals surface area (Å²) in [7, 11) is 0. The van der Waals surface area contributed by atoms with Gasteiger partial charge in [0.1, 0.15) is 18.2 Å². The Balaban J connectivity index is 1.35. The van der Waals surface area contributed by atoms with Gasteiger partial charge in [0.05, 0.1) is 22.8 Å².